The molecule has 0 saturated heterocycles. The molecule has 20 heavy (non-hydrogen) atoms. The third-order valence-electron chi connectivity index (χ3n) is 3.56. The number of fused-ring (bicyclic) bond motifs is 2. The van der Waals surface area contributed by atoms with Crippen LogP contribution in [0, 0.1) is 0 Å². The highest BCUT2D eigenvalue weighted by atomic mass is 32.1. The summed E-state index contributed by atoms with van der Waals surface area (Å²) in [5, 5.41) is 3.11. The molecule has 2 heterocycles. The van der Waals surface area contributed by atoms with Crippen molar-refractivity contribution >= 4 is 39.0 Å². The van der Waals surface area contributed by atoms with E-state index in [0.717, 1.165) is 21.3 Å². The van der Waals surface area contributed by atoms with Gasteiger partial charge in [-0.15, -0.1) is 11.3 Å². The highest BCUT2D eigenvalue weighted by Crippen LogP contribution is 2.41. The van der Waals surface area contributed by atoms with E-state index in [1.165, 1.54) is 0 Å². The highest BCUT2D eigenvalue weighted by Gasteiger charge is 2.42. The molecule has 1 aromatic carbocycles. The zero-order valence-electron chi connectivity index (χ0n) is 11.4. The molecule has 1 aliphatic rings. The van der Waals surface area contributed by atoms with Gasteiger partial charge in [0.05, 0.1) is 6.61 Å². The molecule has 0 fully saturated rings. The summed E-state index contributed by atoms with van der Waals surface area (Å²) in [6, 6.07) is 5.96. The minimum Gasteiger partial charge on any atom is -0.465 e. The lowest BCUT2D eigenvalue weighted by molar-refractivity contribution is -0.147. The maximum absolute atomic E-state index is 12.4. The maximum Gasteiger partial charge on any atom is 0.323 e. The van der Waals surface area contributed by atoms with Gasteiger partial charge in [-0.25, -0.2) is 0 Å². The summed E-state index contributed by atoms with van der Waals surface area (Å²) in [5.74, 6) is -1.44. The number of benzene rings is 1. The van der Waals surface area contributed by atoms with E-state index in [-0.39, 0.29) is 12.5 Å². The number of hydrogen-bond acceptors (Lipinski definition) is 4. The van der Waals surface area contributed by atoms with E-state index in [9.17, 15) is 9.59 Å². The van der Waals surface area contributed by atoms with Crippen LogP contribution >= 0.6 is 11.3 Å². The van der Waals surface area contributed by atoms with Crippen molar-refractivity contribution in [2.45, 2.75) is 19.8 Å². The first kappa shape index (κ1) is 13.1. The summed E-state index contributed by atoms with van der Waals surface area (Å²) in [4.78, 5) is 26.2. The number of thiophene rings is 1. The third-order valence-corrected chi connectivity index (χ3v) is 4.43. The molecule has 1 unspecified atom stereocenters. The molecule has 5 heteroatoms. The number of likely N-dealkylation sites (N-methyl/N-ethyl adjacent to an activating group) is 1. The van der Waals surface area contributed by atoms with E-state index in [2.05, 4.69) is 0 Å². The minimum atomic E-state index is -0.809. The monoisotopic (exact) mass is 289 g/mol. The van der Waals surface area contributed by atoms with Crippen molar-refractivity contribution in [3.05, 3.63) is 29.1 Å². The molecule has 0 radical (unpaired) electrons. The summed E-state index contributed by atoms with van der Waals surface area (Å²) in [6.45, 7) is 4.49. The fourth-order valence-corrected chi connectivity index (χ4v) is 3.48. The SMILES string of the molecule is CCOC(=O)C1C(=O)N(CC)c2cc3ccsc3cc21. The zero-order valence-corrected chi connectivity index (χ0v) is 12.2. The number of hydrogen-bond donors (Lipinski definition) is 0. The fourth-order valence-electron chi connectivity index (χ4n) is 2.67. The lowest BCUT2D eigenvalue weighted by Gasteiger charge is -2.14. The standard InChI is InChI=1S/C15H15NO3S/c1-3-16-11-7-9-5-6-20-12(9)8-10(11)13(14(16)17)15(18)19-4-2/h5-8,13H,3-4H2,1-2H3. The van der Waals surface area contributed by atoms with Crippen molar-refractivity contribution in [1.82, 2.24) is 0 Å². The molecule has 0 bridgehead atoms. The Balaban J connectivity index is 2.16. The van der Waals surface area contributed by atoms with Gasteiger partial charge in [-0.1, -0.05) is 0 Å². The van der Waals surface area contributed by atoms with Gasteiger partial charge < -0.3 is 9.64 Å². The summed E-state index contributed by atoms with van der Waals surface area (Å²) in [7, 11) is 0. The minimum absolute atomic E-state index is 0.182. The highest BCUT2D eigenvalue weighted by molar-refractivity contribution is 7.17. The molecular weight excluding hydrogens is 274 g/mol. The Morgan fingerprint density at radius 3 is 2.90 bits per heavy atom. The molecular formula is C15H15NO3S. The summed E-state index contributed by atoms with van der Waals surface area (Å²) in [6.07, 6.45) is 0. The van der Waals surface area contributed by atoms with Crippen molar-refractivity contribution in [2.24, 2.45) is 0 Å². The van der Waals surface area contributed by atoms with E-state index >= 15 is 0 Å². The smallest absolute Gasteiger partial charge is 0.323 e. The Kier molecular flexibility index (Phi) is 3.22. The second-order valence-corrected chi connectivity index (χ2v) is 5.58. The van der Waals surface area contributed by atoms with E-state index in [4.69, 9.17) is 4.74 Å². The van der Waals surface area contributed by atoms with Gasteiger partial charge in [0, 0.05) is 22.5 Å². The van der Waals surface area contributed by atoms with Gasteiger partial charge in [0.1, 0.15) is 0 Å². The number of esters is 1. The number of ether oxygens (including phenoxy) is 1. The quantitative estimate of drug-likeness (QED) is 0.644. The number of nitrogens with zero attached hydrogens (tertiary/aromatic N) is 1. The molecule has 0 saturated carbocycles. The van der Waals surface area contributed by atoms with Gasteiger partial charge in [-0.05, 0) is 42.8 Å². The maximum atomic E-state index is 12.4. The lowest BCUT2D eigenvalue weighted by Crippen LogP contribution is -2.32. The first-order valence-corrected chi connectivity index (χ1v) is 7.54. The molecule has 2 aromatic rings. The number of amides is 1. The topological polar surface area (TPSA) is 46.6 Å². The van der Waals surface area contributed by atoms with Crippen LogP contribution < -0.4 is 4.90 Å². The van der Waals surface area contributed by atoms with Crippen LogP contribution in [0.2, 0.25) is 0 Å². The predicted octanol–water partition coefficient (Wildman–Crippen LogP) is 2.91. The van der Waals surface area contributed by atoms with Crippen LogP contribution in [0.3, 0.4) is 0 Å². The van der Waals surface area contributed by atoms with E-state index in [0.29, 0.717) is 6.54 Å². The molecule has 0 N–H and O–H groups in total. The van der Waals surface area contributed by atoms with Crippen molar-refractivity contribution < 1.29 is 14.3 Å². The van der Waals surface area contributed by atoms with Gasteiger partial charge in [0.2, 0.25) is 5.91 Å². The Morgan fingerprint density at radius 2 is 2.20 bits per heavy atom. The lowest BCUT2D eigenvalue weighted by atomic mass is 10.0. The van der Waals surface area contributed by atoms with Crippen molar-refractivity contribution in [1.29, 1.82) is 0 Å². The normalized spacial score (nSPS) is 17.6. The average Bonchev–Trinajstić information content (AvgIpc) is 2.97. The Bertz CT molecular complexity index is 691. The Morgan fingerprint density at radius 1 is 1.40 bits per heavy atom. The van der Waals surface area contributed by atoms with E-state index < -0.39 is 11.9 Å². The van der Waals surface area contributed by atoms with Crippen LogP contribution in [0.25, 0.3) is 10.1 Å². The zero-order chi connectivity index (χ0) is 14.3. The number of rotatable bonds is 3. The number of anilines is 1. The summed E-state index contributed by atoms with van der Waals surface area (Å²) < 4.78 is 6.14. The number of carbonyl (C=O) groups excluding carboxylic acids is 2. The molecule has 1 aliphatic heterocycles. The summed E-state index contributed by atoms with van der Waals surface area (Å²) >= 11 is 1.61. The average molecular weight is 289 g/mol. The second kappa shape index (κ2) is 4.90. The van der Waals surface area contributed by atoms with Crippen molar-refractivity contribution in [3.63, 3.8) is 0 Å². The second-order valence-electron chi connectivity index (χ2n) is 4.64. The molecule has 0 aliphatic carbocycles. The largest absolute Gasteiger partial charge is 0.465 e. The van der Waals surface area contributed by atoms with Crippen LogP contribution in [0.5, 0.6) is 0 Å². The molecule has 104 valence electrons. The molecule has 4 nitrogen and oxygen atoms in total. The Labute approximate surface area is 120 Å². The first-order valence-electron chi connectivity index (χ1n) is 6.66. The van der Waals surface area contributed by atoms with Gasteiger partial charge in [-0.2, -0.15) is 0 Å². The van der Waals surface area contributed by atoms with Crippen LogP contribution in [-0.4, -0.2) is 25.0 Å². The third kappa shape index (κ3) is 1.81. The van der Waals surface area contributed by atoms with Crippen LogP contribution in [0.4, 0.5) is 5.69 Å². The molecule has 0 spiro atoms. The summed E-state index contributed by atoms with van der Waals surface area (Å²) in [5.41, 5.74) is 1.60. The van der Waals surface area contributed by atoms with E-state index in [1.54, 1.807) is 23.2 Å². The van der Waals surface area contributed by atoms with Gasteiger partial charge >= 0.3 is 5.97 Å². The fraction of sp³-hybridized carbons (Fsp3) is 0.333. The molecule has 1 atom stereocenters. The van der Waals surface area contributed by atoms with Crippen molar-refractivity contribution in [2.75, 3.05) is 18.1 Å². The molecule has 1 aromatic heterocycles. The first-order chi connectivity index (χ1) is 9.67. The predicted molar refractivity (Wildman–Crippen MR) is 79.2 cm³/mol. The number of carbonyl (C=O) groups is 2. The van der Waals surface area contributed by atoms with Gasteiger partial charge in [-0.3, -0.25) is 9.59 Å². The van der Waals surface area contributed by atoms with Crippen LogP contribution in [0.15, 0.2) is 23.6 Å². The Hall–Kier alpha value is -1.88. The molecule has 3 rings (SSSR count). The van der Waals surface area contributed by atoms with Crippen molar-refractivity contribution in [3.8, 4) is 0 Å². The van der Waals surface area contributed by atoms with Crippen LogP contribution in [0.1, 0.15) is 25.3 Å². The van der Waals surface area contributed by atoms with Gasteiger partial charge in [0.25, 0.3) is 0 Å². The molecule has 1 amide bonds. The van der Waals surface area contributed by atoms with Crippen LogP contribution in [-0.2, 0) is 14.3 Å². The van der Waals surface area contributed by atoms with Gasteiger partial charge in [0.15, 0.2) is 5.92 Å². The van der Waals surface area contributed by atoms with E-state index in [1.807, 2.05) is 30.5 Å².